The summed E-state index contributed by atoms with van der Waals surface area (Å²) in [5.74, 6) is 0.505. The third kappa shape index (κ3) is 1.95. The van der Waals surface area contributed by atoms with Crippen molar-refractivity contribution in [1.29, 1.82) is 0 Å². The van der Waals surface area contributed by atoms with Gasteiger partial charge in [-0.25, -0.2) is 0 Å². The summed E-state index contributed by atoms with van der Waals surface area (Å²) in [7, 11) is 4.26. The molecule has 3 fully saturated rings. The molecule has 0 aromatic rings. The molecule has 1 aliphatic carbocycles. The van der Waals surface area contributed by atoms with E-state index in [1.165, 1.54) is 32.1 Å². The zero-order valence-corrected chi connectivity index (χ0v) is 11.5. The van der Waals surface area contributed by atoms with Crippen LogP contribution >= 0.6 is 0 Å². The van der Waals surface area contributed by atoms with Gasteiger partial charge in [0.2, 0.25) is 5.91 Å². The Hall–Kier alpha value is -0.610. The molecule has 0 aromatic carbocycles. The Morgan fingerprint density at radius 2 is 2.17 bits per heavy atom. The maximum absolute atomic E-state index is 12.3. The molecule has 1 amide bonds. The standard InChI is InChI=1S/C14H25N3O/c1-17(2)14(6-3-7-14)9-15-13(18)11-8-10-4-5-12(11)16-10/h10-12,16H,3-9H2,1-2H3,(H,15,18). The van der Waals surface area contributed by atoms with Gasteiger partial charge in [0.1, 0.15) is 0 Å². The molecule has 2 bridgehead atoms. The maximum atomic E-state index is 12.3. The molecule has 2 aliphatic heterocycles. The van der Waals surface area contributed by atoms with Gasteiger partial charge in [-0.15, -0.1) is 0 Å². The topological polar surface area (TPSA) is 44.4 Å². The molecule has 3 atom stereocenters. The predicted molar refractivity (Wildman–Crippen MR) is 71.3 cm³/mol. The van der Waals surface area contributed by atoms with Crippen LogP contribution in [0.1, 0.15) is 38.5 Å². The van der Waals surface area contributed by atoms with Crippen LogP contribution < -0.4 is 10.6 Å². The quantitative estimate of drug-likeness (QED) is 0.774. The van der Waals surface area contributed by atoms with Gasteiger partial charge in [-0.2, -0.15) is 0 Å². The van der Waals surface area contributed by atoms with E-state index in [4.69, 9.17) is 0 Å². The molecule has 2 heterocycles. The average Bonchev–Trinajstić information content (AvgIpc) is 2.88. The van der Waals surface area contributed by atoms with Crippen molar-refractivity contribution in [1.82, 2.24) is 15.5 Å². The van der Waals surface area contributed by atoms with Crippen molar-refractivity contribution < 1.29 is 4.79 Å². The summed E-state index contributed by atoms with van der Waals surface area (Å²) in [5.41, 5.74) is 0.237. The van der Waals surface area contributed by atoms with Gasteiger partial charge in [0.05, 0.1) is 5.92 Å². The summed E-state index contributed by atoms with van der Waals surface area (Å²) in [6, 6.07) is 1.06. The van der Waals surface area contributed by atoms with Gasteiger partial charge < -0.3 is 15.5 Å². The summed E-state index contributed by atoms with van der Waals surface area (Å²) in [4.78, 5) is 14.6. The Morgan fingerprint density at radius 1 is 1.39 bits per heavy atom. The SMILES string of the molecule is CN(C)C1(CNC(=O)C2CC3CCC2N3)CCC1. The normalized spacial score (nSPS) is 36.7. The summed E-state index contributed by atoms with van der Waals surface area (Å²) in [6.07, 6.45) is 7.22. The summed E-state index contributed by atoms with van der Waals surface area (Å²) in [6.45, 7) is 0.826. The number of carbonyl (C=O) groups excluding carboxylic acids is 1. The van der Waals surface area contributed by atoms with Crippen LogP contribution in [0.5, 0.6) is 0 Å². The largest absolute Gasteiger partial charge is 0.354 e. The number of amides is 1. The fourth-order valence-electron chi connectivity index (χ4n) is 3.86. The van der Waals surface area contributed by atoms with E-state index in [0.717, 1.165) is 13.0 Å². The minimum atomic E-state index is 0.225. The van der Waals surface area contributed by atoms with Crippen LogP contribution in [0.4, 0.5) is 0 Å². The molecule has 2 saturated heterocycles. The predicted octanol–water partition coefficient (Wildman–Crippen LogP) is 0.727. The first-order valence-corrected chi connectivity index (χ1v) is 7.32. The van der Waals surface area contributed by atoms with Crippen LogP contribution in [-0.4, -0.2) is 49.1 Å². The number of hydrogen-bond acceptors (Lipinski definition) is 3. The number of fused-ring (bicyclic) bond motifs is 2. The minimum absolute atomic E-state index is 0.225. The number of rotatable bonds is 4. The Bertz CT molecular complexity index is 338. The van der Waals surface area contributed by atoms with Crippen LogP contribution in [0.2, 0.25) is 0 Å². The van der Waals surface area contributed by atoms with Gasteiger partial charge >= 0.3 is 0 Å². The number of nitrogens with zero attached hydrogens (tertiary/aromatic N) is 1. The molecule has 4 nitrogen and oxygen atoms in total. The van der Waals surface area contributed by atoms with Crippen molar-refractivity contribution in [3.63, 3.8) is 0 Å². The van der Waals surface area contributed by atoms with Crippen molar-refractivity contribution >= 4 is 5.91 Å². The zero-order chi connectivity index (χ0) is 12.8. The number of nitrogens with one attached hydrogen (secondary N) is 2. The van der Waals surface area contributed by atoms with Crippen LogP contribution in [0.15, 0.2) is 0 Å². The average molecular weight is 251 g/mol. The van der Waals surface area contributed by atoms with Gasteiger partial charge in [0.25, 0.3) is 0 Å². The second-order valence-electron chi connectivity index (χ2n) is 6.58. The van der Waals surface area contributed by atoms with Crippen molar-refractivity contribution in [2.75, 3.05) is 20.6 Å². The Balaban J connectivity index is 1.52. The Kier molecular flexibility index (Phi) is 3.10. The van der Waals surface area contributed by atoms with E-state index in [-0.39, 0.29) is 17.4 Å². The molecular formula is C14H25N3O. The fraction of sp³-hybridized carbons (Fsp3) is 0.929. The molecule has 2 N–H and O–H groups in total. The van der Waals surface area contributed by atoms with E-state index < -0.39 is 0 Å². The molecule has 1 saturated carbocycles. The second-order valence-corrected chi connectivity index (χ2v) is 6.58. The first-order chi connectivity index (χ1) is 8.61. The van der Waals surface area contributed by atoms with E-state index >= 15 is 0 Å². The summed E-state index contributed by atoms with van der Waals surface area (Å²) < 4.78 is 0. The van der Waals surface area contributed by atoms with E-state index in [0.29, 0.717) is 12.1 Å². The molecular weight excluding hydrogens is 226 g/mol. The van der Waals surface area contributed by atoms with Gasteiger partial charge in [0.15, 0.2) is 0 Å². The third-order valence-corrected chi connectivity index (χ3v) is 5.46. The van der Waals surface area contributed by atoms with Crippen LogP contribution in [0.3, 0.4) is 0 Å². The van der Waals surface area contributed by atoms with Crippen LogP contribution in [-0.2, 0) is 4.79 Å². The van der Waals surface area contributed by atoms with Crippen LogP contribution in [0, 0.1) is 5.92 Å². The molecule has 0 aromatic heterocycles. The van der Waals surface area contributed by atoms with E-state index in [9.17, 15) is 4.79 Å². The summed E-state index contributed by atoms with van der Waals surface area (Å²) >= 11 is 0. The van der Waals surface area contributed by atoms with Gasteiger partial charge in [0, 0.05) is 24.2 Å². The van der Waals surface area contributed by atoms with Crippen LogP contribution in [0.25, 0.3) is 0 Å². The number of hydrogen-bond donors (Lipinski definition) is 2. The molecule has 3 unspecified atom stereocenters. The molecule has 0 radical (unpaired) electrons. The maximum Gasteiger partial charge on any atom is 0.224 e. The zero-order valence-electron chi connectivity index (χ0n) is 11.5. The van der Waals surface area contributed by atoms with Crippen molar-refractivity contribution in [2.45, 2.75) is 56.1 Å². The number of carbonyl (C=O) groups is 1. The highest BCUT2D eigenvalue weighted by atomic mass is 16.2. The first kappa shape index (κ1) is 12.4. The first-order valence-electron chi connectivity index (χ1n) is 7.32. The van der Waals surface area contributed by atoms with Gasteiger partial charge in [-0.1, -0.05) is 0 Å². The Labute approximate surface area is 109 Å². The second kappa shape index (κ2) is 4.49. The lowest BCUT2D eigenvalue weighted by molar-refractivity contribution is -0.126. The fourth-order valence-corrected chi connectivity index (χ4v) is 3.86. The smallest absolute Gasteiger partial charge is 0.224 e. The van der Waals surface area contributed by atoms with Gasteiger partial charge in [-0.3, -0.25) is 4.79 Å². The van der Waals surface area contributed by atoms with Crippen molar-refractivity contribution in [2.24, 2.45) is 5.92 Å². The third-order valence-electron chi connectivity index (χ3n) is 5.46. The molecule has 18 heavy (non-hydrogen) atoms. The lowest BCUT2D eigenvalue weighted by Gasteiger charge is -2.47. The number of likely N-dealkylation sites (N-methyl/N-ethyl adjacent to an activating group) is 1. The molecule has 102 valence electrons. The highest BCUT2D eigenvalue weighted by Gasteiger charge is 2.44. The lowest BCUT2D eigenvalue weighted by atomic mass is 9.75. The van der Waals surface area contributed by atoms with E-state index in [2.05, 4.69) is 29.6 Å². The molecule has 0 spiro atoms. The van der Waals surface area contributed by atoms with Crippen molar-refractivity contribution in [3.8, 4) is 0 Å². The van der Waals surface area contributed by atoms with E-state index in [1.807, 2.05) is 0 Å². The Morgan fingerprint density at radius 3 is 2.61 bits per heavy atom. The van der Waals surface area contributed by atoms with Gasteiger partial charge in [-0.05, 0) is 52.6 Å². The molecule has 3 rings (SSSR count). The molecule has 3 aliphatic rings. The molecule has 4 heteroatoms. The lowest BCUT2D eigenvalue weighted by Crippen LogP contribution is -2.58. The van der Waals surface area contributed by atoms with Crippen molar-refractivity contribution in [3.05, 3.63) is 0 Å². The summed E-state index contributed by atoms with van der Waals surface area (Å²) in [5, 5.41) is 6.75. The highest BCUT2D eigenvalue weighted by Crippen LogP contribution is 2.36. The minimum Gasteiger partial charge on any atom is -0.354 e. The van der Waals surface area contributed by atoms with E-state index in [1.54, 1.807) is 0 Å². The monoisotopic (exact) mass is 251 g/mol. The highest BCUT2D eigenvalue weighted by molar-refractivity contribution is 5.80.